The lowest BCUT2D eigenvalue weighted by Gasteiger charge is -2.14. The standard InChI is InChI=1S/C14H19N3O2S/c1-6-9-11(8(2)19-17-9)12(18)16-13-15-10(7-20-13)14(3,4)5/h7H,6H2,1-5H3,(H,15,16,18). The van der Waals surface area contributed by atoms with E-state index in [0.29, 0.717) is 28.6 Å². The average molecular weight is 293 g/mol. The summed E-state index contributed by atoms with van der Waals surface area (Å²) < 4.78 is 5.08. The van der Waals surface area contributed by atoms with Crippen molar-refractivity contribution in [2.24, 2.45) is 0 Å². The maximum atomic E-state index is 12.3. The summed E-state index contributed by atoms with van der Waals surface area (Å²) in [7, 11) is 0. The van der Waals surface area contributed by atoms with Crippen molar-refractivity contribution >= 4 is 22.4 Å². The summed E-state index contributed by atoms with van der Waals surface area (Å²) in [5.41, 5.74) is 2.13. The lowest BCUT2D eigenvalue weighted by atomic mass is 9.93. The van der Waals surface area contributed by atoms with Crippen LogP contribution in [0.5, 0.6) is 0 Å². The van der Waals surface area contributed by atoms with Crippen LogP contribution in [0.1, 0.15) is 55.2 Å². The number of nitrogens with one attached hydrogen (secondary N) is 1. The quantitative estimate of drug-likeness (QED) is 0.939. The molecule has 2 aromatic heterocycles. The Morgan fingerprint density at radius 2 is 2.15 bits per heavy atom. The van der Waals surface area contributed by atoms with Crippen LogP contribution >= 0.6 is 11.3 Å². The van der Waals surface area contributed by atoms with Gasteiger partial charge in [-0.25, -0.2) is 4.98 Å². The van der Waals surface area contributed by atoms with E-state index in [1.807, 2.05) is 12.3 Å². The van der Waals surface area contributed by atoms with E-state index in [1.54, 1.807) is 6.92 Å². The molecule has 108 valence electrons. The van der Waals surface area contributed by atoms with Crippen LogP contribution in [0.2, 0.25) is 0 Å². The van der Waals surface area contributed by atoms with Gasteiger partial charge in [-0.05, 0) is 13.3 Å². The third-order valence-corrected chi connectivity index (χ3v) is 3.75. The van der Waals surface area contributed by atoms with Gasteiger partial charge in [0.05, 0.1) is 11.4 Å². The van der Waals surface area contributed by atoms with Gasteiger partial charge in [-0.2, -0.15) is 0 Å². The molecule has 0 saturated carbocycles. The van der Waals surface area contributed by atoms with Crippen LogP contribution in [0.4, 0.5) is 5.13 Å². The summed E-state index contributed by atoms with van der Waals surface area (Å²) in [5.74, 6) is 0.322. The van der Waals surface area contributed by atoms with Crippen molar-refractivity contribution in [1.29, 1.82) is 0 Å². The molecule has 0 aromatic carbocycles. The zero-order valence-electron chi connectivity index (χ0n) is 12.4. The number of carbonyl (C=O) groups excluding carboxylic acids is 1. The second-order valence-electron chi connectivity index (χ2n) is 5.66. The third kappa shape index (κ3) is 2.90. The minimum atomic E-state index is -0.213. The number of amides is 1. The molecular weight excluding hydrogens is 274 g/mol. The van der Waals surface area contributed by atoms with Crippen molar-refractivity contribution in [2.75, 3.05) is 5.32 Å². The second kappa shape index (κ2) is 5.36. The number of hydrogen-bond acceptors (Lipinski definition) is 5. The van der Waals surface area contributed by atoms with E-state index in [9.17, 15) is 4.79 Å². The zero-order chi connectivity index (χ0) is 14.9. The van der Waals surface area contributed by atoms with Crippen LogP contribution in [-0.4, -0.2) is 16.0 Å². The van der Waals surface area contributed by atoms with Gasteiger partial charge >= 0.3 is 0 Å². The molecule has 0 aliphatic rings. The largest absolute Gasteiger partial charge is 0.361 e. The summed E-state index contributed by atoms with van der Waals surface area (Å²) in [5, 5.41) is 9.28. The SMILES string of the molecule is CCc1noc(C)c1C(=O)Nc1nc(C(C)(C)C)cs1. The van der Waals surface area contributed by atoms with Crippen molar-refractivity contribution in [3.63, 3.8) is 0 Å². The van der Waals surface area contributed by atoms with Gasteiger partial charge in [0, 0.05) is 10.8 Å². The van der Waals surface area contributed by atoms with Crippen molar-refractivity contribution in [2.45, 2.75) is 46.5 Å². The minimum absolute atomic E-state index is 0.0266. The smallest absolute Gasteiger partial charge is 0.262 e. The van der Waals surface area contributed by atoms with Gasteiger partial charge in [0.25, 0.3) is 5.91 Å². The number of hydrogen-bond donors (Lipinski definition) is 1. The van der Waals surface area contributed by atoms with E-state index < -0.39 is 0 Å². The number of nitrogens with zero attached hydrogens (tertiary/aromatic N) is 2. The molecule has 0 bridgehead atoms. The highest BCUT2D eigenvalue weighted by atomic mass is 32.1. The molecule has 0 saturated heterocycles. The average Bonchev–Trinajstić information content (AvgIpc) is 2.94. The molecule has 0 unspecified atom stereocenters. The van der Waals surface area contributed by atoms with Gasteiger partial charge in [-0.1, -0.05) is 32.9 Å². The number of rotatable bonds is 3. The van der Waals surface area contributed by atoms with E-state index in [-0.39, 0.29) is 11.3 Å². The van der Waals surface area contributed by atoms with Gasteiger partial charge in [0.15, 0.2) is 5.13 Å². The zero-order valence-corrected chi connectivity index (χ0v) is 13.2. The molecule has 0 spiro atoms. The molecule has 0 aliphatic carbocycles. The molecule has 0 atom stereocenters. The fraction of sp³-hybridized carbons (Fsp3) is 0.500. The van der Waals surface area contributed by atoms with Crippen LogP contribution in [0.25, 0.3) is 0 Å². The molecule has 1 N–H and O–H groups in total. The van der Waals surface area contributed by atoms with Crippen molar-refractivity contribution < 1.29 is 9.32 Å². The van der Waals surface area contributed by atoms with Crippen LogP contribution < -0.4 is 5.32 Å². The Labute approximate surface area is 122 Å². The van der Waals surface area contributed by atoms with E-state index in [4.69, 9.17) is 4.52 Å². The predicted molar refractivity (Wildman–Crippen MR) is 79.4 cm³/mol. The first-order valence-electron chi connectivity index (χ1n) is 6.55. The highest BCUT2D eigenvalue weighted by Crippen LogP contribution is 2.27. The fourth-order valence-corrected chi connectivity index (χ4v) is 2.72. The van der Waals surface area contributed by atoms with Gasteiger partial charge in [-0.15, -0.1) is 11.3 Å². The molecule has 1 amide bonds. The third-order valence-electron chi connectivity index (χ3n) is 2.99. The Morgan fingerprint density at radius 3 is 2.70 bits per heavy atom. The van der Waals surface area contributed by atoms with Gasteiger partial charge in [0.1, 0.15) is 11.3 Å². The first-order valence-corrected chi connectivity index (χ1v) is 7.43. The summed E-state index contributed by atoms with van der Waals surface area (Å²) >= 11 is 1.43. The molecule has 2 heterocycles. The van der Waals surface area contributed by atoms with Crippen LogP contribution in [0.15, 0.2) is 9.90 Å². The summed E-state index contributed by atoms with van der Waals surface area (Å²) in [6.07, 6.45) is 0.658. The molecular formula is C14H19N3O2S. The summed E-state index contributed by atoms with van der Waals surface area (Å²) in [4.78, 5) is 16.7. The Hall–Kier alpha value is -1.69. The van der Waals surface area contributed by atoms with Gasteiger partial charge in [0.2, 0.25) is 0 Å². The Morgan fingerprint density at radius 1 is 1.45 bits per heavy atom. The molecule has 2 rings (SSSR count). The van der Waals surface area contributed by atoms with Crippen molar-refractivity contribution in [3.05, 3.63) is 28.1 Å². The lowest BCUT2D eigenvalue weighted by molar-refractivity contribution is 0.102. The fourth-order valence-electron chi connectivity index (χ4n) is 1.79. The number of aryl methyl sites for hydroxylation is 2. The predicted octanol–water partition coefficient (Wildman–Crippen LogP) is 3.55. The highest BCUT2D eigenvalue weighted by Gasteiger charge is 2.22. The summed E-state index contributed by atoms with van der Waals surface area (Å²) in [6, 6.07) is 0. The molecule has 0 fully saturated rings. The summed E-state index contributed by atoms with van der Waals surface area (Å²) in [6.45, 7) is 9.95. The molecule has 0 radical (unpaired) electrons. The van der Waals surface area contributed by atoms with Crippen LogP contribution in [0.3, 0.4) is 0 Å². The monoisotopic (exact) mass is 293 g/mol. The maximum absolute atomic E-state index is 12.3. The number of anilines is 1. The second-order valence-corrected chi connectivity index (χ2v) is 6.51. The normalized spacial score (nSPS) is 11.7. The van der Waals surface area contributed by atoms with Crippen molar-refractivity contribution in [3.8, 4) is 0 Å². The molecule has 6 heteroatoms. The first kappa shape index (κ1) is 14.7. The van der Waals surface area contributed by atoms with E-state index in [0.717, 1.165) is 5.69 Å². The number of thiazole rings is 1. The molecule has 2 aromatic rings. The molecule has 20 heavy (non-hydrogen) atoms. The number of carbonyl (C=O) groups is 1. The van der Waals surface area contributed by atoms with Gasteiger partial charge in [-0.3, -0.25) is 10.1 Å². The topological polar surface area (TPSA) is 68.0 Å². The Balaban J connectivity index is 2.20. The van der Waals surface area contributed by atoms with Crippen LogP contribution in [0, 0.1) is 6.92 Å². The Bertz CT molecular complexity index is 623. The molecule has 5 nitrogen and oxygen atoms in total. The number of aromatic nitrogens is 2. The van der Waals surface area contributed by atoms with Gasteiger partial charge < -0.3 is 4.52 Å². The minimum Gasteiger partial charge on any atom is -0.361 e. The highest BCUT2D eigenvalue weighted by molar-refractivity contribution is 7.14. The molecule has 0 aliphatic heterocycles. The van der Waals surface area contributed by atoms with E-state index in [1.165, 1.54) is 11.3 Å². The first-order chi connectivity index (χ1) is 9.32. The van der Waals surface area contributed by atoms with Crippen LogP contribution in [-0.2, 0) is 11.8 Å². The Kier molecular flexibility index (Phi) is 3.94. The van der Waals surface area contributed by atoms with E-state index >= 15 is 0 Å². The van der Waals surface area contributed by atoms with E-state index in [2.05, 4.69) is 36.2 Å². The maximum Gasteiger partial charge on any atom is 0.262 e. The van der Waals surface area contributed by atoms with Crippen molar-refractivity contribution in [1.82, 2.24) is 10.1 Å². The lowest BCUT2D eigenvalue weighted by Crippen LogP contribution is -2.15.